The molecule has 0 spiro atoms. The highest BCUT2D eigenvalue weighted by molar-refractivity contribution is 7.00. The van der Waals surface area contributed by atoms with Crippen LogP contribution >= 0.6 is 0 Å². The SMILES string of the molecule is CC(C)(C)c1ccc2c(c1)B1c3cc(C(C)(C)C)cc4c3N(c3cc(N5c6ccc(C(C)(C)C)cc6C6(C)CCCCC56C)cc(c31)N2c1ccc(C(C)(C)C)cc1-c1ccccc1)C1(C)CCCCC41C. The van der Waals surface area contributed by atoms with Crippen molar-refractivity contribution in [3.63, 3.8) is 0 Å². The van der Waals surface area contributed by atoms with Crippen LogP contribution in [-0.2, 0) is 32.5 Å². The Bertz CT molecular complexity index is 3230. The molecule has 0 aromatic heterocycles. The maximum atomic E-state index is 2.97. The maximum Gasteiger partial charge on any atom is 0.252 e. The normalized spacial score (nSPS) is 25.2. The molecule has 0 radical (unpaired) electrons. The first-order chi connectivity index (χ1) is 33.7. The van der Waals surface area contributed by atoms with Gasteiger partial charge in [0.05, 0.1) is 16.8 Å². The molecule has 2 saturated carbocycles. The molecule has 4 heteroatoms. The third-order valence-electron chi connectivity index (χ3n) is 20.2. The molecule has 0 saturated heterocycles. The van der Waals surface area contributed by atoms with E-state index in [0.717, 1.165) is 6.42 Å². The Morgan fingerprint density at radius 2 is 0.903 bits per heavy atom. The van der Waals surface area contributed by atoms with E-state index in [4.69, 9.17) is 0 Å². The van der Waals surface area contributed by atoms with Crippen LogP contribution in [0, 0.1) is 0 Å². The van der Waals surface area contributed by atoms with Crippen molar-refractivity contribution in [2.75, 3.05) is 14.7 Å². The van der Waals surface area contributed by atoms with E-state index in [0.29, 0.717) is 0 Å². The second-order valence-corrected chi connectivity index (χ2v) is 28.5. The fraction of sp³-hybridized carbons (Fsp3) is 0.471. The lowest BCUT2D eigenvalue weighted by Gasteiger charge is -2.54. The van der Waals surface area contributed by atoms with Crippen LogP contribution in [0.5, 0.6) is 0 Å². The van der Waals surface area contributed by atoms with Crippen LogP contribution in [0.2, 0.25) is 0 Å². The minimum atomic E-state index is -0.110. The lowest BCUT2D eigenvalue weighted by Crippen LogP contribution is -2.65. The number of hydrogen-bond acceptors (Lipinski definition) is 3. The summed E-state index contributed by atoms with van der Waals surface area (Å²) in [6, 6.07) is 44.6. The maximum absolute atomic E-state index is 2.97. The van der Waals surface area contributed by atoms with Crippen LogP contribution in [0.15, 0.2) is 109 Å². The highest BCUT2D eigenvalue weighted by atomic mass is 15.3. The molecule has 2 fully saturated rings. The smallest absolute Gasteiger partial charge is 0.252 e. The first-order valence-electron chi connectivity index (χ1n) is 28.0. The van der Waals surface area contributed by atoms with Crippen LogP contribution in [0.4, 0.5) is 39.8 Å². The van der Waals surface area contributed by atoms with Gasteiger partial charge >= 0.3 is 0 Å². The lowest BCUT2D eigenvalue weighted by molar-refractivity contribution is 0.194. The molecule has 0 amide bonds. The summed E-state index contributed by atoms with van der Waals surface area (Å²) < 4.78 is 0. The van der Waals surface area contributed by atoms with Crippen LogP contribution in [0.3, 0.4) is 0 Å². The summed E-state index contributed by atoms with van der Waals surface area (Å²) in [5, 5.41) is 0. The first kappa shape index (κ1) is 47.8. The van der Waals surface area contributed by atoms with Gasteiger partial charge in [0, 0.05) is 50.5 Å². The fourth-order valence-electron chi connectivity index (χ4n) is 15.3. The Labute approximate surface area is 434 Å². The molecular formula is C68H82BN3. The van der Waals surface area contributed by atoms with Gasteiger partial charge in [0.2, 0.25) is 0 Å². The van der Waals surface area contributed by atoms with Gasteiger partial charge in [-0.1, -0.05) is 195 Å². The van der Waals surface area contributed by atoms with Crippen LogP contribution in [0.25, 0.3) is 11.1 Å². The fourth-order valence-corrected chi connectivity index (χ4v) is 15.3. The standard InChI is InChI=1S/C68H82BN3/c1-61(2,3)44-26-29-54(49(36-44)43-24-18-17-19-25-43)70-56-31-28-46(63(7,8)9)39-52(56)69-53-40-47(64(10,11)12)38-51-60(53)72(68(16)35-23-21-33-66(51,68)14)58-42-48(41-57(70)59(58)69)71-55-30-27-45(62(4,5)6)37-50(55)65(13)32-20-22-34-67(65,71)15/h17-19,24-31,36-42H,20-23,32-35H2,1-16H3. The monoisotopic (exact) mass is 952 g/mol. The van der Waals surface area contributed by atoms with Crippen molar-refractivity contribution in [2.24, 2.45) is 0 Å². The van der Waals surface area contributed by atoms with Gasteiger partial charge in [0.15, 0.2) is 0 Å². The average molecular weight is 952 g/mol. The van der Waals surface area contributed by atoms with E-state index in [9.17, 15) is 0 Å². The third kappa shape index (κ3) is 6.47. The molecule has 6 aliphatic rings. The molecule has 6 aromatic carbocycles. The number of benzene rings is 6. The molecule has 4 heterocycles. The largest absolute Gasteiger partial charge is 0.335 e. The molecule has 6 aromatic rings. The van der Waals surface area contributed by atoms with Gasteiger partial charge in [-0.25, -0.2) is 0 Å². The molecule has 2 aliphatic carbocycles. The molecule has 3 nitrogen and oxygen atoms in total. The van der Waals surface area contributed by atoms with Gasteiger partial charge in [-0.15, -0.1) is 0 Å². The number of rotatable bonds is 3. The molecule has 12 rings (SSSR count). The van der Waals surface area contributed by atoms with Gasteiger partial charge in [-0.3, -0.25) is 0 Å². The second kappa shape index (κ2) is 15.2. The summed E-state index contributed by atoms with van der Waals surface area (Å²) in [6.07, 6.45) is 9.77. The van der Waals surface area contributed by atoms with Gasteiger partial charge in [-0.2, -0.15) is 0 Å². The van der Waals surface area contributed by atoms with Crippen molar-refractivity contribution in [2.45, 2.75) is 206 Å². The highest BCUT2D eigenvalue weighted by Gasteiger charge is 2.63. The van der Waals surface area contributed by atoms with Gasteiger partial charge < -0.3 is 14.7 Å². The summed E-state index contributed by atoms with van der Waals surface area (Å²) in [5.41, 5.74) is 25.0. The van der Waals surface area contributed by atoms with Crippen molar-refractivity contribution >= 4 is 62.9 Å². The Morgan fingerprint density at radius 1 is 0.417 bits per heavy atom. The van der Waals surface area contributed by atoms with Crippen molar-refractivity contribution in [1.29, 1.82) is 0 Å². The second-order valence-electron chi connectivity index (χ2n) is 28.5. The first-order valence-corrected chi connectivity index (χ1v) is 28.0. The number of nitrogens with zero attached hydrogens (tertiary/aromatic N) is 3. The van der Waals surface area contributed by atoms with Crippen LogP contribution in [0.1, 0.15) is 196 Å². The lowest BCUT2D eigenvalue weighted by atomic mass is 9.33. The highest BCUT2D eigenvalue weighted by Crippen LogP contribution is 2.65. The van der Waals surface area contributed by atoms with Crippen LogP contribution in [-0.4, -0.2) is 17.8 Å². The van der Waals surface area contributed by atoms with E-state index in [1.54, 1.807) is 5.56 Å². The molecular weight excluding hydrogens is 870 g/mol. The topological polar surface area (TPSA) is 9.72 Å². The molecule has 4 atom stereocenters. The van der Waals surface area contributed by atoms with Gasteiger partial charge in [0.25, 0.3) is 6.71 Å². The summed E-state index contributed by atoms with van der Waals surface area (Å²) in [5.74, 6) is 0. The Balaban J connectivity index is 1.24. The van der Waals surface area contributed by atoms with Gasteiger partial charge in [0.1, 0.15) is 0 Å². The molecule has 4 aliphatic heterocycles. The van der Waals surface area contributed by atoms with Crippen molar-refractivity contribution in [1.82, 2.24) is 0 Å². The van der Waals surface area contributed by atoms with E-state index >= 15 is 0 Å². The summed E-state index contributed by atoms with van der Waals surface area (Å²) in [4.78, 5) is 8.60. The van der Waals surface area contributed by atoms with E-state index in [1.165, 1.54) is 140 Å². The number of hydrogen-bond donors (Lipinski definition) is 0. The van der Waals surface area contributed by atoms with Crippen molar-refractivity contribution < 1.29 is 0 Å². The molecule has 4 unspecified atom stereocenters. The zero-order chi connectivity index (χ0) is 51.1. The zero-order valence-corrected chi connectivity index (χ0v) is 47.0. The average Bonchev–Trinajstić information content (AvgIpc) is 3.66. The summed E-state index contributed by atoms with van der Waals surface area (Å²) in [6.45, 7) is 39.3. The number of fused-ring (bicyclic) bond motifs is 10. The molecule has 372 valence electrons. The van der Waals surface area contributed by atoms with Gasteiger partial charge in [-0.05, 0) is 153 Å². The van der Waals surface area contributed by atoms with E-state index in [2.05, 4.69) is 235 Å². The predicted octanol–water partition coefficient (Wildman–Crippen LogP) is 16.6. The Hall–Kier alpha value is -5.22. The quantitative estimate of drug-likeness (QED) is 0.163. The third-order valence-corrected chi connectivity index (χ3v) is 20.2. The Morgan fingerprint density at radius 3 is 1.51 bits per heavy atom. The van der Waals surface area contributed by atoms with E-state index < -0.39 is 0 Å². The number of anilines is 7. The summed E-state index contributed by atoms with van der Waals surface area (Å²) in [7, 11) is 0. The Kier molecular flexibility index (Phi) is 10.1. The summed E-state index contributed by atoms with van der Waals surface area (Å²) >= 11 is 0. The predicted molar refractivity (Wildman–Crippen MR) is 312 cm³/mol. The molecule has 0 bridgehead atoms. The minimum absolute atomic E-state index is 0.00111. The molecule has 0 N–H and O–H groups in total. The van der Waals surface area contributed by atoms with Crippen molar-refractivity contribution in [3.05, 3.63) is 143 Å². The van der Waals surface area contributed by atoms with E-state index in [-0.39, 0.29) is 50.3 Å². The zero-order valence-electron chi connectivity index (χ0n) is 47.0. The van der Waals surface area contributed by atoms with Crippen molar-refractivity contribution in [3.8, 4) is 11.1 Å². The van der Waals surface area contributed by atoms with E-state index in [1.807, 2.05) is 0 Å². The minimum Gasteiger partial charge on any atom is -0.335 e. The molecule has 72 heavy (non-hydrogen) atoms. The van der Waals surface area contributed by atoms with Crippen LogP contribution < -0.4 is 31.1 Å².